The minimum Gasteiger partial charge on any atom is -0.355 e. The quantitative estimate of drug-likeness (QED) is 0.350. The van der Waals surface area contributed by atoms with Crippen molar-refractivity contribution < 1.29 is 14.6 Å². The molecule has 1 amide bonds. The maximum atomic E-state index is 12.2. The molecule has 0 heterocycles. The standard InChI is InChI=1S/C16H11N5O5/c17-9-11(10-18-12-5-1-3-7-14(12)20(23)24)16(22)19-13-6-2-4-8-15(13)21(25)26/h1-8,10,18H,(H,19,22)/b11-10-. The summed E-state index contributed by atoms with van der Waals surface area (Å²) < 4.78 is 0. The van der Waals surface area contributed by atoms with Crippen molar-refractivity contribution in [2.24, 2.45) is 0 Å². The first-order chi connectivity index (χ1) is 12.4. The summed E-state index contributed by atoms with van der Waals surface area (Å²) in [6.07, 6.45) is 0.992. The molecule has 0 fully saturated rings. The van der Waals surface area contributed by atoms with Gasteiger partial charge in [0.05, 0.1) is 9.85 Å². The molecule has 2 N–H and O–H groups in total. The molecule has 130 valence electrons. The fraction of sp³-hybridized carbons (Fsp3) is 0. The van der Waals surface area contributed by atoms with Crippen LogP contribution in [-0.2, 0) is 4.79 Å². The van der Waals surface area contributed by atoms with E-state index >= 15 is 0 Å². The number of carbonyl (C=O) groups is 1. The van der Waals surface area contributed by atoms with Crippen molar-refractivity contribution in [1.29, 1.82) is 5.26 Å². The molecule has 0 saturated carbocycles. The van der Waals surface area contributed by atoms with Gasteiger partial charge in [0.1, 0.15) is 23.0 Å². The van der Waals surface area contributed by atoms with Crippen LogP contribution in [-0.4, -0.2) is 15.8 Å². The van der Waals surface area contributed by atoms with Crippen LogP contribution in [0.5, 0.6) is 0 Å². The van der Waals surface area contributed by atoms with Crippen molar-refractivity contribution in [3.05, 3.63) is 80.5 Å². The van der Waals surface area contributed by atoms with Gasteiger partial charge in [-0.1, -0.05) is 24.3 Å². The fourth-order valence-electron chi connectivity index (χ4n) is 1.98. The first-order valence-corrected chi connectivity index (χ1v) is 7.09. The van der Waals surface area contributed by atoms with Crippen LogP contribution in [0, 0.1) is 31.6 Å². The third-order valence-electron chi connectivity index (χ3n) is 3.19. The second-order valence-electron chi connectivity index (χ2n) is 4.82. The number of hydrogen-bond acceptors (Lipinski definition) is 7. The van der Waals surface area contributed by atoms with Gasteiger partial charge in [0.25, 0.3) is 17.3 Å². The summed E-state index contributed by atoms with van der Waals surface area (Å²) in [5, 5.41) is 35.8. The number of amides is 1. The average molecular weight is 353 g/mol. The molecular weight excluding hydrogens is 342 g/mol. The zero-order chi connectivity index (χ0) is 19.1. The topological polar surface area (TPSA) is 151 Å². The molecule has 10 nitrogen and oxygen atoms in total. The second-order valence-corrected chi connectivity index (χ2v) is 4.82. The molecule has 26 heavy (non-hydrogen) atoms. The number of hydrogen-bond donors (Lipinski definition) is 2. The van der Waals surface area contributed by atoms with E-state index in [1.807, 2.05) is 0 Å². The first kappa shape index (κ1) is 18.1. The smallest absolute Gasteiger partial charge is 0.292 e. The molecule has 0 aliphatic rings. The number of nitriles is 1. The molecule has 0 saturated heterocycles. The monoisotopic (exact) mass is 353 g/mol. The van der Waals surface area contributed by atoms with E-state index in [1.165, 1.54) is 42.5 Å². The van der Waals surface area contributed by atoms with Crippen molar-refractivity contribution in [2.75, 3.05) is 10.6 Å². The minimum atomic E-state index is -0.895. The molecule has 2 rings (SSSR count). The van der Waals surface area contributed by atoms with E-state index in [1.54, 1.807) is 12.1 Å². The fourth-order valence-corrected chi connectivity index (χ4v) is 1.98. The van der Waals surface area contributed by atoms with Gasteiger partial charge in [-0.25, -0.2) is 0 Å². The molecule has 0 bridgehead atoms. The third-order valence-corrected chi connectivity index (χ3v) is 3.19. The summed E-state index contributed by atoms with van der Waals surface area (Å²) in [5.74, 6) is -0.895. The van der Waals surface area contributed by atoms with Gasteiger partial charge in [-0.15, -0.1) is 0 Å². The van der Waals surface area contributed by atoms with Gasteiger partial charge >= 0.3 is 0 Å². The highest BCUT2D eigenvalue weighted by molar-refractivity contribution is 6.07. The van der Waals surface area contributed by atoms with Gasteiger partial charge in [0.2, 0.25) is 0 Å². The van der Waals surface area contributed by atoms with Gasteiger partial charge in [-0.2, -0.15) is 5.26 Å². The molecular formula is C16H11N5O5. The summed E-state index contributed by atoms with van der Waals surface area (Å²) in [6.45, 7) is 0. The third kappa shape index (κ3) is 4.18. The highest BCUT2D eigenvalue weighted by Gasteiger charge is 2.18. The number of rotatable bonds is 6. The second kappa shape index (κ2) is 8.02. The van der Waals surface area contributed by atoms with Crippen molar-refractivity contribution in [2.45, 2.75) is 0 Å². The minimum absolute atomic E-state index is 0.0747. The Hall–Kier alpha value is -4.26. The van der Waals surface area contributed by atoms with Gasteiger partial charge < -0.3 is 10.6 Å². The number of anilines is 2. The normalized spacial score (nSPS) is 10.5. The lowest BCUT2D eigenvalue weighted by atomic mass is 10.2. The Balaban J connectivity index is 2.23. The Morgan fingerprint density at radius 3 is 2.00 bits per heavy atom. The van der Waals surface area contributed by atoms with Crippen molar-refractivity contribution in [1.82, 2.24) is 0 Å². The van der Waals surface area contributed by atoms with Crippen LogP contribution >= 0.6 is 0 Å². The Bertz CT molecular complexity index is 948. The zero-order valence-electron chi connectivity index (χ0n) is 13.1. The molecule has 0 aromatic heterocycles. The van der Waals surface area contributed by atoms with Crippen LogP contribution in [0.25, 0.3) is 0 Å². The SMILES string of the molecule is N#C/C(=C/Nc1ccccc1[N+](=O)[O-])C(=O)Nc1ccccc1[N+](=O)[O-]. The maximum absolute atomic E-state index is 12.2. The summed E-state index contributed by atoms with van der Waals surface area (Å²) in [7, 11) is 0. The molecule has 0 atom stereocenters. The van der Waals surface area contributed by atoms with E-state index < -0.39 is 21.3 Å². The molecule has 0 unspecified atom stereocenters. The van der Waals surface area contributed by atoms with Crippen LogP contribution in [0.4, 0.5) is 22.7 Å². The van der Waals surface area contributed by atoms with E-state index in [4.69, 9.17) is 5.26 Å². The Kier molecular flexibility index (Phi) is 5.58. The summed E-state index contributed by atoms with van der Waals surface area (Å²) in [4.78, 5) is 32.8. The predicted molar refractivity (Wildman–Crippen MR) is 92.1 cm³/mol. The first-order valence-electron chi connectivity index (χ1n) is 7.09. The van der Waals surface area contributed by atoms with Crippen LogP contribution in [0.2, 0.25) is 0 Å². The van der Waals surface area contributed by atoms with Gasteiger partial charge in [-0.3, -0.25) is 25.0 Å². The van der Waals surface area contributed by atoms with Gasteiger partial charge in [0, 0.05) is 18.3 Å². The van der Waals surface area contributed by atoms with E-state index in [9.17, 15) is 25.0 Å². The van der Waals surface area contributed by atoms with E-state index in [2.05, 4.69) is 10.6 Å². The van der Waals surface area contributed by atoms with Gasteiger partial charge in [0.15, 0.2) is 0 Å². The Morgan fingerprint density at radius 1 is 0.962 bits per heavy atom. The Labute approximate surface area is 146 Å². The molecule has 0 aliphatic heterocycles. The van der Waals surface area contributed by atoms with Crippen LogP contribution in [0.15, 0.2) is 60.3 Å². The van der Waals surface area contributed by atoms with E-state index in [-0.39, 0.29) is 22.7 Å². The molecule has 0 spiro atoms. The molecule has 0 aliphatic carbocycles. The number of nitrogens with one attached hydrogen (secondary N) is 2. The zero-order valence-corrected chi connectivity index (χ0v) is 13.1. The van der Waals surface area contributed by atoms with Crippen LogP contribution < -0.4 is 10.6 Å². The maximum Gasteiger partial charge on any atom is 0.292 e. The summed E-state index contributed by atoms with van der Waals surface area (Å²) >= 11 is 0. The van der Waals surface area contributed by atoms with Crippen molar-refractivity contribution in [3.63, 3.8) is 0 Å². The highest BCUT2D eigenvalue weighted by Crippen LogP contribution is 2.25. The Morgan fingerprint density at radius 2 is 1.46 bits per heavy atom. The number of nitro benzene ring substituents is 2. The number of nitrogens with zero attached hydrogens (tertiary/aromatic N) is 3. The summed E-state index contributed by atoms with van der Waals surface area (Å²) in [6, 6.07) is 12.8. The molecule has 10 heteroatoms. The van der Waals surface area contributed by atoms with E-state index in [0.717, 1.165) is 6.20 Å². The average Bonchev–Trinajstić information content (AvgIpc) is 2.62. The number of para-hydroxylation sites is 4. The van der Waals surface area contributed by atoms with Crippen LogP contribution in [0.1, 0.15) is 0 Å². The van der Waals surface area contributed by atoms with E-state index in [0.29, 0.717) is 0 Å². The van der Waals surface area contributed by atoms with Crippen LogP contribution in [0.3, 0.4) is 0 Å². The number of nitro groups is 2. The number of benzene rings is 2. The van der Waals surface area contributed by atoms with Crippen molar-refractivity contribution >= 4 is 28.7 Å². The lowest BCUT2D eigenvalue weighted by molar-refractivity contribution is -0.384. The number of carbonyl (C=O) groups excluding carboxylic acids is 1. The molecule has 2 aromatic rings. The lowest BCUT2D eigenvalue weighted by Gasteiger charge is -2.06. The largest absolute Gasteiger partial charge is 0.355 e. The molecule has 2 aromatic carbocycles. The highest BCUT2D eigenvalue weighted by atomic mass is 16.6. The molecule has 0 radical (unpaired) electrons. The predicted octanol–water partition coefficient (Wildman–Crippen LogP) is 2.96. The van der Waals surface area contributed by atoms with Crippen molar-refractivity contribution in [3.8, 4) is 6.07 Å². The summed E-state index contributed by atoms with van der Waals surface area (Å²) in [5.41, 5.74) is -0.968. The lowest BCUT2D eigenvalue weighted by Crippen LogP contribution is -2.15. The van der Waals surface area contributed by atoms with Gasteiger partial charge in [-0.05, 0) is 12.1 Å².